The zero-order valence-corrected chi connectivity index (χ0v) is 23.4. The van der Waals surface area contributed by atoms with Crippen LogP contribution in [0, 0.1) is 10.1 Å². The van der Waals surface area contributed by atoms with Gasteiger partial charge in [0, 0.05) is 12.1 Å². The van der Waals surface area contributed by atoms with Crippen LogP contribution in [0.25, 0.3) is 0 Å². The summed E-state index contributed by atoms with van der Waals surface area (Å²) in [5, 5.41) is 13.9. The summed E-state index contributed by atoms with van der Waals surface area (Å²) in [6.45, 7) is -0.186. The van der Waals surface area contributed by atoms with Gasteiger partial charge < -0.3 is 23.9 Å². The summed E-state index contributed by atoms with van der Waals surface area (Å²) < 4.78 is 22.2. The Labute approximate surface area is 246 Å². The fourth-order valence-corrected chi connectivity index (χ4v) is 4.51. The first kappa shape index (κ1) is 28.7. The van der Waals surface area contributed by atoms with Gasteiger partial charge in [-0.3, -0.25) is 14.9 Å². The number of rotatable bonds is 9. The van der Waals surface area contributed by atoms with Crippen molar-refractivity contribution in [2.45, 2.75) is 6.61 Å². The third-order valence-electron chi connectivity index (χ3n) is 5.07. The largest absolute Gasteiger partial charge is 0.493 e. The van der Waals surface area contributed by atoms with E-state index in [0.29, 0.717) is 11.5 Å². The van der Waals surface area contributed by atoms with E-state index < -0.39 is 10.8 Å². The molecule has 0 fully saturated rings. The van der Waals surface area contributed by atoms with Crippen LogP contribution < -0.4 is 19.5 Å². The predicted octanol–water partition coefficient (Wildman–Crippen LogP) is 9.09. The lowest BCUT2D eigenvalue weighted by Crippen LogP contribution is -2.11. The molecule has 0 saturated heterocycles. The van der Waals surface area contributed by atoms with E-state index in [1.807, 2.05) is 0 Å². The van der Waals surface area contributed by atoms with E-state index in [1.165, 1.54) is 37.4 Å². The number of nitrogens with one attached hydrogen (secondary N) is 1. The highest BCUT2D eigenvalue weighted by Crippen LogP contribution is 2.48. The van der Waals surface area contributed by atoms with Crippen molar-refractivity contribution >= 4 is 75.3 Å². The van der Waals surface area contributed by atoms with E-state index in [9.17, 15) is 14.9 Å². The van der Waals surface area contributed by atoms with E-state index in [4.69, 9.17) is 76.6 Å². The Morgan fingerprint density at radius 3 is 2.21 bits per heavy atom. The molecule has 1 amide bonds. The van der Waals surface area contributed by atoms with Crippen LogP contribution in [0.15, 0.2) is 59.0 Å². The maximum Gasteiger partial charge on any atom is 0.291 e. The van der Waals surface area contributed by atoms with Crippen molar-refractivity contribution in [2.24, 2.45) is 0 Å². The second-order valence-corrected chi connectivity index (χ2v) is 9.52. The standard InChI is InChI=1S/C25H15Cl5N2O7/c1-36-16-4-2-3-5-17(16)39-15-9-12(8-13(10-15)32(34)35)31-25(33)18-7-6-14(38-18)11-37-24-22(29)20(27)19(26)21(28)23(24)30/h2-10H,11H2,1H3,(H,31,33). The van der Waals surface area contributed by atoms with E-state index in [0.717, 1.165) is 0 Å². The molecule has 202 valence electrons. The number of carbonyl (C=O) groups excluding carboxylic acids is 1. The molecule has 4 rings (SSSR count). The Morgan fingerprint density at radius 1 is 0.923 bits per heavy atom. The summed E-state index contributed by atoms with van der Waals surface area (Å²) in [5.41, 5.74) is -0.211. The number of nitro benzene ring substituents is 1. The molecule has 39 heavy (non-hydrogen) atoms. The average Bonchev–Trinajstić information content (AvgIpc) is 3.40. The minimum Gasteiger partial charge on any atom is -0.493 e. The molecule has 0 aliphatic rings. The Balaban J connectivity index is 1.50. The van der Waals surface area contributed by atoms with Gasteiger partial charge in [0.1, 0.15) is 28.2 Å². The number of methoxy groups -OCH3 is 1. The number of amides is 1. The molecular weight excluding hydrogens is 618 g/mol. The van der Waals surface area contributed by atoms with Gasteiger partial charge in [-0.15, -0.1) is 0 Å². The van der Waals surface area contributed by atoms with Crippen LogP contribution in [0.4, 0.5) is 11.4 Å². The zero-order valence-electron chi connectivity index (χ0n) is 19.6. The van der Waals surface area contributed by atoms with Crippen molar-refractivity contribution in [3.05, 3.63) is 101 Å². The van der Waals surface area contributed by atoms with Crippen LogP contribution in [-0.2, 0) is 6.61 Å². The minimum absolute atomic E-state index is 0.0145. The molecule has 0 aliphatic heterocycles. The lowest BCUT2D eigenvalue weighted by Gasteiger charge is -2.13. The highest BCUT2D eigenvalue weighted by atomic mass is 35.5. The fraction of sp³-hybridized carbons (Fsp3) is 0.0800. The summed E-state index contributed by atoms with van der Waals surface area (Å²) in [6, 6.07) is 13.5. The maximum atomic E-state index is 12.8. The molecule has 0 aliphatic carbocycles. The molecule has 0 unspecified atom stereocenters. The van der Waals surface area contributed by atoms with Crippen molar-refractivity contribution in [3.63, 3.8) is 0 Å². The van der Waals surface area contributed by atoms with E-state index in [1.54, 1.807) is 24.3 Å². The SMILES string of the molecule is COc1ccccc1Oc1cc(NC(=O)c2ccc(COc3c(Cl)c(Cl)c(Cl)c(Cl)c3Cl)o2)cc([N+](=O)[O-])c1. The van der Waals surface area contributed by atoms with Crippen molar-refractivity contribution in [2.75, 3.05) is 12.4 Å². The lowest BCUT2D eigenvalue weighted by molar-refractivity contribution is -0.384. The van der Waals surface area contributed by atoms with Crippen LogP contribution in [0.5, 0.6) is 23.0 Å². The number of ether oxygens (including phenoxy) is 3. The highest BCUT2D eigenvalue weighted by Gasteiger charge is 2.22. The topological polar surface area (TPSA) is 113 Å². The Morgan fingerprint density at radius 2 is 1.56 bits per heavy atom. The number of hydrogen-bond donors (Lipinski definition) is 1. The quantitative estimate of drug-likeness (QED) is 0.0847. The van der Waals surface area contributed by atoms with Crippen LogP contribution in [-0.4, -0.2) is 17.9 Å². The van der Waals surface area contributed by atoms with Gasteiger partial charge in [-0.25, -0.2) is 0 Å². The summed E-state index contributed by atoms with van der Waals surface area (Å²) in [6.07, 6.45) is 0. The Bertz CT molecular complexity index is 1550. The molecule has 4 aromatic rings. The van der Waals surface area contributed by atoms with Gasteiger partial charge in [0.15, 0.2) is 23.0 Å². The molecule has 1 aromatic heterocycles. The Hall–Kier alpha value is -3.34. The van der Waals surface area contributed by atoms with Crippen molar-refractivity contribution in [3.8, 4) is 23.0 Å². The van der Waals surface area contributed by atoms with Gasteiger partial charge in [0.05, 0.1) is 38.9 Å². The number of furan rings is 1. The minimum atomic E-state index is -0.682. The second-order valence-electron chi connectivity index (χ2n) is 7.63. The summed E-state index contributed by atoms with van der Waals surface area (Å²) in [5.74, 6) is 0.289. The number of carbonyl (C=O) groups is 1. The van der Waals surface area contributed by atoms with E-state index in [2.05, 4.69) is 5.32 Å². The van der Waals surface area contributed by atoms with Gasteiger partial charge in [-0.1, -0.05) is 70.1 Å². The van der Waals surface area contributed by atoms with Crippen LogP contribution in [0.3, 0.4) is 0 Å². The second kappa shape index (κ2) is 12.2. The normalized spacial score (nSPS) is 10.7. The molecule has 14 heteroatoms. The van der Waals surface area contributed by atoms with Gasteiger partial charge in [0.2, 0.25) is 0 Å². The van der Waals surface area contributed by atoms with Crippen LogP contribution >= 0.6 is 58.0 Å². The van der Waals surface area contributed by atoms with Crippen molar-refractivity contribution in [1.29, 1.82) is 0 Å². The fourth-order valence-electron chi connectivity index (χ4n) is 3.27. The Kier molecular flexibility index (Phi) is 8.99. The molecule has 0 saturated carbocycles. The molecule has 0 spiro atoms. The number of nitrogens with zero attached hydrogens (tertiary/aromatic N) is 1. The first-order valence-corrected chi connectivity index (χ1v) is 12.6. The highest BCUT2D eigenvalue weighted by molar-refractivity contribution is 6.55. The first-order valence-electron chi connectivity index (χ1n) is 10.7. The molecule has 1 heterocycles. The lowest BCUT2D eigenvalue weighted by atomic mass is 10.2. The van der Waals surface area contributed by atoms with E-state index >= 15 is 0 Å². The number of anilines is 1. The zero-order chi connectivity index (χ0) is 28.3. The molecule has 0 bridgehead atoms. The molecular formula is C25H15Cl5N2O7. The van der Waals surface area contributed by atoms with E-state index in [-0.39, 0.29) is 66.1 Å². The third-order valence-corrected chi connectivity index (χ3v) is 7.31. The molecule has 0 atom stereocenters. The molecule has 3 aromatic carbocycles. The molecule has 0 radical (unpaired) electrons. The summed E-state index contributed by atoms with van der Waals surface area (Å²) in [7, 11) is 1.47. The third kappa shape index (κ3) is 6.46. The van der Waals surface area contributed by atoms with Crippen LogP contribution in [0.2, 0.25) is 25.1 Å². The van der Waals surface area contributed by atoms with Gasteiger partial charge in [-0.05, 0) is 24.3 Å². The number of nitro groups is 1. The summed E-state index contributed by atoms with van der Waals surface area (Å²) >= 11 is 30.4. The smallest absolute Gasteiger partial charge is 0.291 e. The molecule has 1 N–H and O–H groups in total. The number of para-hydroxylation sites is 2. The maximum absolute atomic E-state index is 12.8. The predicted molar refractivity (Wildman–Crippen MR) is 149 cm³/mol. The number of halogens is 5. The number of hydrogen-bond acceptors (Lipinski definition) is 7. The molecule has 9 nitrogen and oxygen atoms in total. The van der Waals surface area contributed by atoms with Crippen molar-refractivity contribution < 1.29 is 28.3 Å². The number of non-ortho nitro benzene ring substituents is 1. The van der Waals surface area contributed by atoms with Crippen LogP contribution in [0.1, 0.15) is 16.3 Å². The van der Waals surface area contributed by atoms with Gasteiger partial charge >= 0.3 is 0 Å². The average molecular weight is 633 g/mol. The van der Waals surface area contributed by atoms with Gasteiger partial charge in [-0.2, -0.15) is 0 Å². The van der Waals surface area contributed by atoms with Crippen molar-refractivity contribution in [1.82, 2.24) is 0 Å². The summed E-state index contributed by atoms with van der Waals surface area (Å²) in [4.78, 5) is 23.7. The first-order chi connectivity index (χ1) is 18.6. The number of benzene rings is 3. The van der Waals surface area contributed by atoms with Gasteiger partial charge in [0.25, 0.3) is 11.6 Å². The monoisotopic (exact) mass is 630 g/mol.